The Labute approximate surface area is 246 Å². The van der Waals surface area contributed by atoms with Crippen molar-refractivity contribution in [2.45, 2.75) is 0 Å². The van der Waals surface area contributed by atoms with E-state index in [2.05, 4.69) is 41.0 Å². The second-order valence-electron chi connectivity index (χ2n) is 10.6. The molecule has 43 heavy (non-hydrogen) atoms. The summed E-state index contributed by atoms with van der Waals surface area (Å²) >= 11 is 0. The summed E-state index contributed by atoms with van der Waals surface area (Å²) < 4.78 is 5.13. The minimum Gasteiger partial charge on any atom is -0.309 e. The molecule has 0 N–H and O–H groups in total. The lowest BCUT2D eigenvalue weighted by atomic mass is 10.1. The summed E-state index contributed by atoms with van der Waals surface area (Å²) in [6, 6.07) is 49.5. The molecule has 0 aliphatic rings. The maximum atomic E-state index is 14.3. The first-order valence-corrected chi connectivity index (χ1v) is 14.2. The molecule has 0 saturated heterocycles. The van der Waals surface area contributed by atoms with E-state index in [0.29, 0.717) is 22.3 Å². The number of nitrogens with zero attached hydrogens (tertiary/aromatic N) is 3. The maximum absolute atomic E-state index is 14.3. The van der Waals surface area contributed by atoms with E-state index in [0.717, 1.165) is 38.6 Å². The molecule has 0 aliphatic heterocycles. The van der Waals surface area contributed by atoms with Gasteiger partial charge in [0.2, 0.25) is 0 Å². The van der Waals surface area contributed by atoms with Crippen LogP contribution in [0.1, 0.15) is 0 Å². The highest BCUT2D eigenvalue weighted by atomic mass is 16.2. The van der Waals surface area contributed by atoms with Crippen LogP contribution in [0.25, 0.3) is 60.9 Å². The second kappa shape index (κ2) is 9.86. The zero-order chi connectivity index (χ0) is 28.9. The third-order valence-corrected chi connectivity index (χ3v) is 8.12. The monoisotopic (exact) mass is 555 g/mol. The molecule has 8 aromatic rings. The predicted octanol–water partition coefficient (Wildman–Crippen LogP) is 7.91. The summed E-state index contributed by atoms with van der Waals surface area (Å²) in [5.41, 5.74) is 6.29. The molecule has 0 amide bonds. The van der Waals surface area contributed by atoms with E-state index in [1.807, 2.05) is 109 Å². The van der Waals surface area contributed by atoms with Gasteiger partial charge in [0.1, 0.15) is 0 Å². The molecule has 0 fully saturated rings. The number of para-hydroxylation sites is 3. The number of rotatable bonds is 4. The molecule has 204 valence electrons. The first kappa shape index (κ1) is 24.8. The van der Waals surface area contributed by atoms with Crippen molar-refractivity contribution in [3.05, 3.63) is 172 Å². The lowest BCUT2D eigenvalue weighted by Crippen LogP contribution is -2.38. The SMILES string of the molecule is O=c1c2ccccc2n(-c2ccc(-c3ccccc3)cc2)c(=O)n1-c1ccc2c(c1)c1ccccc1n2-c1ccccc1. The van der Waals surface area contributed by atoms with Crippen LogP contribution in [0, 0.1) is 0 Å². The summed E-state index contributed by atoms with van der Waals surface area (Å²) in [5.74, 6) is 0. The van der Waals surface area contributed by atoms with Crippen LogP contribution in [0.15, 0.2) is 161 Å². The normalized spacial score (nSPS) is 11.4. The van der Waals surface area contributed by atoms with Gasteiger partial charge in [-0.25, -0.2) is 9.36 Å². The van der Waals surface area contributed by atoms with E-state index in [1.54, 1.807) is 10.6 Å². The lowest BCUT2D eigenvalue weighted by Gasteiger charge is -2.15. The Bertz CT molecular complexity index is 2420. The van der Waals surface area contributed by atoms with Crippen molar-refractivity contribution in [1.82, 2.24) is 13.7 Å². The molecule has 0 radical (unpaired) electrons. The summed E-state index contributed by atoms with van der Waals surface area (Å²) in [4.78, 5) is 28.2. The van der Waals surface area contributed by atoms with Crippen LogP contribution in [0.2, 0.25) is 0 Å². The Kier molecular flexibility index (Phi) is 5.69. The van der Waals surface area contributed by atoms with Crippen LogP contribution < -0.4 is 11.2 Å². The maximum Gasteiger partial charge on any atom is 0.340 e. The first-order chi connectivity index (χ1) is 21.2. The van der Waals surface area contributed by atoms with Crippen molar-refractivity contribution in [2.75, 3.05) is 0 Å². The zero-order valence-electron chi connectivity index (χ0n) is 23.1. The Morgan fingerprint density at radius 2 is 0.860 bits per heavy atom. The molecular weight excluding hydrogens is 530 g/mol. The van der Waals surface area contributed by atoms with Crippen LogP contribution in [0.3, 0.4) is 0 Å². The van der Waals surface area contributed by atoms with E-state index >= 15 is 0 Å². The van der Waals surface area contributed by atoms with Gasteiger partial charge in [-0.15, -0.1) is 0 Å². The average molecular weight is 556 g/mol. The molecule has 0 unspecified atom stereocenters. The molecule has 0 spiro atoms. The van der Waals surface area contributed by atoms with E-state index in [1.165, 1.54) is 4.57 Å². The topological polar surface area (TPSA) is 48.9 Å². The summed E-state index contributed by atoms with van der Waals surface area (Å²) in [6.45, 7) is 0. The van der Waals surface area contributed by atoms with Crippen LogP contribution >= 0.6 is 0 Å². The molecule has 6 aromatic carbocycles. The molecule has 0 saturated carbocycles. The Hall–Kier alpha value is -5.94. The van der Waals surface area contributed by atoms with Crippen molar-refractivity contribution in [1.29, 1.82) is 0 Å². The molecule has 2 heterocycles. The second-order valence-corrected chi connectivity index (χ2v) is 10.6. The van der Waals surface area contributed by atoms with Gasteiger partial charge in [-0.1, -0.05) is 91.0 Å². The van der Waals surface area contributed by atoms with E-state index in [-0.39, 0.29) is 5.56 Å². The number of benzene rings is 6. The summed E-state index contributed by atoms with van der Waals surface area (Å²) in [7, 11) is 0. The van der Waals surface area contributed by atoms with Gasteiger partial charge in [-0.2, -0.15) is 0 Å². The predicted molar refractivity (Wildman–Crippen MR) is 175 cm³/mol. The fourth-order valence-electron chi connectivity index (χ4n) is 6.13. The van der Waals surface area contributed by atoms with Crippen molar-refractivity contribution >= 4 is 32.7 Å². The fourth-order valence-corrected chi connectivity index (χ4v) is 6.13. The quantitative estimate of drug-likeness (QED) is 0.222. The van der Waals surface area contributed by atoms with Gasteiger partial charge in [0.25, 0.3) is 5.56 Å². The zero-order valence-corrected chi connectivity index (χ0v) is 23.1. The van der Waals surface area contributed by atoms with Gasteiger partial charge in [0.15, 0.2) is 0 Å². The molecule has 0 atom stereocenters. The fraction of sp³-hybridized carbons (Fsp3) is 0. The van der Waals surface area contributed by atoms with Crippen LogP contribution in [-0.2, 0) is 0 Å². The third-order valence-electron chi connectivity index (χ3n) is 8.12. The summed E-state index contributed by atoms with van der Waals surface area (Å²) in [5, 5.41) is 2.49. The summed E-state index contributed by atoms with van der Waals surface area (Å²) in [6.07, 6.45) is 0. The standard InChI is InChI=1S/C38H25N3O2/c42-37-32-16-8-10-18-35(32)40(29-21-19-27(20-22-29)26-11-3-1-4-12-26)38(43)41(37)30-23-24-36-33(25-30)31-15-7-9-17-34(31)39(36)28-13-5-2-6-14-28/h1-25H. The van der Waals surface area contributed by atoms with Crippen molar-refractivity contribution < 1.29 is 0 Å². The van der Waals surface area contributed by atoms with Crippen molar-refractivity contribution in [3.8, 4) is 28.2 Å². The molecular formula is C38H25N3O2. The van der Waals surface area contributed by atoms with Crippen molar-refractivity contribution in [3.63, 3.8) is 0 Å². The van der Waals surface area contributed by atoms with Gasteiger partial charge >= 0.3 is 5.69 Å². The highest BCUT2D eigenvalue weighted by Gasteiger charge is 2.18. The molecule has 0 aliphatic carbocycles. The number of hydrogen-bond acceptors (Lipinski definition) is 2. The Morgan fingerprint density at radius 1 is 0.349 bits per heavy atom. The van der Waals surface area contributed by atoms with Crippen LogP contribution in [0.4, 0.5) is 0 Å². The largest absolute Gasteiger partial charge is 0.340 e. The average Bonchev–Trinajstić information content (AvgIpc) is 3.40. The van der Waals surface area contributed by atoms with E-state index in [9.17, 15) is 9.59 Å². The van der Waals surface area contributed by atoms with Gasteiger partial charge in [0.05, 0.1) is 33.3 Å². The lowest BCUT2D eigenvalue weighted by molar-refractivity contribution is 0.835. The molecule has 8 rings (SSSR count). The Balaban J connectivity index is 1.37. The molecule has 0 bridgehead atoms. The highest BCUT2D eigenvalue weighted by molar-refractivity contribution is 6.09. The number of fused-ring (bicyclic) bond motifs is 4. The molecule has 2 aromatic heterocycles. The highest BCUT2D eigenvalue weighted by Crippen LogP contribution is 2.33. The van der Waals surface area contributed by atoms with Crippen LogP contribution in [-0.4, -0.2) is 13.7 Å². The van der Waals surface area contributed by atoms with Gasteiger partial charge < -0.3 is 4.57 Å². The molecule has 5 heteroatoms. The first-order valence-electron chi connectivity index (χ1n) is 14.2. The Morgan fingerprint density at radius 3 is 1.58 bits per heavy atom. The van der Waals surface area contributed by atoms with Crippen molar-refractivity contribution in [2.24, 2.45) is 0 Å². The smallest absolute Gasteiger partial charge is 0.309 e. The number of aromatic nitrogens is 3. The molecule has 5 nitrogen and oxygen atoms in total. The van der Waals surface area contributed by atoms with E-state index in [4.69, 9.17) is 0 Å². The van der Waals surface area contributed by atoms with Gasteiger partial charge in [-0.3, -0.25) is 9.36 Å². The van der Waals surface area contributed by atoms with Gasteiger partial charge in [-0.05, 0) is 71.8 Å². The van der Waals surface area contributed by atoms with Gasteiger partial charge in [0, 0.05) is 16.5 Å². The minimum absolute atomic E-state index is 0.344. The minimum atomic E-state index is -0.415. The van der Waals surface area contributed by atoms with E-state index < -0.39 is 5.69 Å². The third kappa shape index (κ3) is 3.94. The van der Waals surface area contributed by atoms with Crippen LogP contribution in [0.5, 0.6) is 0 Å². The number of hydrogen-bond donors (Lipinski definition) is 0.